The van der Waals surface area contributed by atoms with Crippen LogP contribution in [-0.2, 0) is 0 Å². The molecule has 5 nitrogen and oxygen atoms in total. The number of amides is 1. The van der Waals surface area contributed by atoms with Gasteiger partial charge in [-0.05, 0) is 63.6 Å². The summed E-state index contributed by atoms with van der Waals surface area (Å²) >= 11 is 0. The van der Waals surface area contributed by atoms with E-state index < -0.39 is 0 Å². The maximum atomic E-state index is 13.1. The molecule has 25 heavy (non-hydrogen) atoms. The molecule has 1 fully saturated rings. The maximum absolute atomic E-state index is 13.1. The number of aryl methyl sites for hydroxylation is 1. The number of aliphatic hydroxyl groups excluding tert-OH is 1. The number of hydrogen-bond donors (Lipinski definition) is 1. The molecular weight excluding hydrogens is 314 g/mol. The number of aliphatic hydroxyl groups is 1. The fourth-order valence-corrected chi connectivity index (χ4v) is 3.89. The Morgan fingerprint density at radius 2 is 2.00 bits per heavy atom. The van der Waals surface area contributed by atoms with Gasteiger partial charge < -0.3 is 14.6 Å². The summed E-state index contributed by atoms with van der Waals surface area (Å²) in [7, 11) is 1.90. The number of carbonyl (C=O) groups excluding carboxylic acids is 1. The molecule has 0 radical (unpaired) electrons. The van der Waals surface area contributed by atoms with Gasteiger partial charge in [0.25, 0.3) is 5.91 Å². The van der Waals surface area contributed by atoms with Crippen LogP contribution in [0.5, 0.6) is 0 Å². The van der Waals surface area contributed by atoms with Gasteiger partial charge in [-0.1, -0.05) is 6.07 Å². The Labute approximate surface area is 149 Å². The Morgan fingerprint density at radius 3 is 2.60 bits per heavy atom. The largest absolute Gasteiger partial charge is 0.396 e. The second-order valence-electron chi connectivity index (χ2n) is 7.08. The summed E-state index contributed by atoms with van der Waals surface area (Å²) in [6, 6.07) is 8.01. The minimum absolute atomic E-state index is 0.0720. The fourth-order valence-electron chi connectivity index (χ4n) is 3.89. The van der Waals surface area contributed by atoms with Gasteiger partial charge in [0, 0.05) is 37.3 Å². The number of pyridine rings is 1. The van der Waals surface area contributed by atoms with Crippen molar-refractivity contribution in [3.8, 4) is 5.82 Å². The lowest BCUT2D eigenvalue weighted by atomic mass is 9.86. The Bertz CT molecular complexity index is 731. The summed E-state index contributed by atoms with van der Waals surface area (Å²) in [5.74, 6) is 1.30. The van der Waals surface area contributed by atoms with E-state index >= 15 is 0 Å². The Morgan fingerprint density at radius 1 is 1.28 bits per heavy atom. The van der Waals surface area contributed by atoms with Gasteiger partial charge in [-0.2, -0.15) is 0 Å². The van der Waals surface area contributed by atoms with Crippen LogP contribution in [-0.4, -0.2) is 45.2 Å². The molecule has 1 amide bonds. The van der Waals surface area contributed by atoms with Crippen molar-refractivity contribution in [2.45, 2.75) is 45.6 Å². The Hall–Kier alpha value is -2.14. The van der Waals surface area contributed by atoms with Crippen LogP contribution in [0.25, 0.3) is 5.82 Å². The van der Waals surface area contributed by atoms with E-state index in [1.165, 1.54) is 0 Å². The second-order valence-corrected chi connectivity index (χ2v) is 7.08. The van der Waals surface area contributed by atoms with Crippen LogP contribution in [0.2, 0.25) is 0 Å². The van der Waals surface area contributed by atoms with Crippen molar-refractivity contribution >= 4 is 5.91 Å². The van der Waals surface area contributed by atoms with Crippen molar-refractivity contribution in [3.63, 3.8) is 0 Å². The third-order valence-corrected chi connectivity index (χ3v) is 5.48. The normalized spacial score (nSPS) is 20.5. The van der Waals surface area contributed by atoms with E-state index in [4.69, 9.17) is 0 Å². The number of nitrogens with zero attached hydrogens (tertiary/aromatic N) is 3. The van der Waals surface area contributed by atoms with Gasteiger partial charge in [-0.15, -0.1) is 0 Å². The van der Waals surface area contributed by atoms with Crippen molar-refractivity contribution in [2.24, 2.45) is 5.92 Å². The van der Waals surface area contributed by atoms with Crippen LogP contribution < -0.4 is 0 Å². The molecule has 2 heterocycles. The molecule has 0 spiro atoms. The fraction of sp³-hybridized carbons (Fsp3) is 0.500. The van der Waals surface area contributed by atoms with Gasteiger partial charge in [0.1, 0.15) is 5.82 Å². The summed E-state index contributed by atoms with van der Waals surface area (Å²) in [5.41, 5.74) is 2.68. The van der Waals surface area contributed by atoms with Gasteiger partial charge in [0.2, 0.25) is 0 Å². The van der Waals surface area contributed by atoms with E-state index in [0.29, 0.717) is 5.92 Å². The molecule has 3 rings (SSSR count). The third-order valence-electron chi connectivity index (χ3n) is 5.48. The van der Waals surface area contributed by atoms with Gasteiger partial charge in [0.05, 0.1) is 5.56 Å². The zero-order valence-electron chi connectivity index (χ0n) is 15.3. The van der Waals surface area contributed by atoms with E-state index in [-0.39, 0.29) is 18.6 Å². The predicted molar refractivity (Wildman–Crippen MR) is 98.0 cm³/mol. The Balaban J connectivity index is 1.81. The summed E-state index contributed by atoms with van der Waals surface area (Å²) in [5, 5.41) is 9.29. The lowest BCUT2D eigenvalue weighted by Crippen LogP contribution is -2.40. The zero-order chi connectivity index (χ0) is 18.0. The molecule has 5 heteroatoms. The van der Waals surface area contributed by atoms with Crippen molar-refractivity contribution in [1.82, 2.24) is 14.5 Å². The first-order chi connectivity index (χ1) is 12.0. The molecule has 0 aliphatic heterocycles. The highest BCUT2D eigenvalue weighted by atomic mass is 16.3. The SMILES string of the molecule is Cc1cc(C(=O)N(C)C2CCC(CO)CC2)c(C)n1-c1ccccn1. The zero-order valence-corrected chi connectivity index (χ0v) is 15.3. The first-order valence-corrected chi connectivity index (χ1v) is 9.01. The van der Waals surface area contributed by atoms with Crippen molar-refractivity contribution in [1.29, 1.82) is 0 Å². The van der Waals surface area contributed by atoms with Crippen LogP contribution in [0.4, 0.5) is 0 Å². The van der Waals surface area contributed by atoms with E-state index in [2.05, 4.69) is 4.98 Å². The minimum Gasteiger partial charge on any atom is -0.396 e. The van der Waals surface area contributed by atoms with Gasteiger partial charge in [-0.3, -0.25) is 4.79 Å². The van der Waals surface area contributed by atoms with Crippen LogP contribution >= 0.6 is 0 Å². The summed E-state index contributed by atoms with van der Waals surface area (Å²) in [4.78, 5) is 19.4. The van der Waals surface area contributed by atoms with Crippen LogP contribution in [0.3, 0.4) is 0 Å². The lowest BCUT2D eigenvalue weighted by Gasteiger charge is -2.34. The molecule has 2 aromatic rings. The number of rotatable bonds is 4. The first kappa shape index (κ1) is 17.7. The average molecular weight is 341 g/mol. The molecule has 1 aliphatic carbocycles. The van der Waals surface area contributed by atoms with Gasteiger partial charge >= 0.3 is 0 Å². The lowest BCUT2D eigenvalue weighted by molar-refractivity contribution is 0.0652. The summed E-state index contributed by atoms with van der Waals surface area (Å²) in [6.45, 7) is 4.24. The predicted octanol–water partition coefficient (Wildman–Crippen LogP) is 3.11. The third kappa shape index (κ3) is 3.47. The molecule has 0 aromatic carbocycles. The number of carbonyl (C=O) groups is 1. The summed E-state index contributed by atoms with van der Waals surface area (Å²) in [6.07, 6.45) is 5.68. The molecule has 0 atom stereocenters. The van der Waals surface area contributed by atoms with Crippen molar-refractivity contribution < 1.29 is 9.90 Å². The monoisotopic (exact) mass is 341 g/mol. The van der Waals surface area contributed by atoms with E-state index in [1.807, 2.05) is 54.6 Å². The standard InChI is InChI=1S/C20H27N3O2/c1-14-12-18(15(2)23(14)19-6-4-5-11-21-19)20(25)22(3)17-9-7-16(13-24)8-10-17/h4-6,11-12,16-17,24H,7-10,13H2,1-3H3. The molecule has 1 saturated carbocycles. The highest BCUT2D eigenvalue weighted by molar-refractivity contribution is 5.96. The Kier molecular flexibility index (Phi) is 5.23. The van der Waals surface area contributed by atoms with Gasteiger partial charge in [0.15, 0.2) is 0 Å². The summed E-state index contributed by atoms with van der Waals surface area (Å²) < 4.78 is 2.03. The van der Waals surface area contributed by atoms with E-state index in [0.717, 1.165) is 48.5 Å². The molecule has 0 saturated heterocycles. The molecule has 134 valence electrons. The second kappa shape index (κ2) is 7.40. The van der Waals surface area contributed by atoms with E-state index in [1.54, 1.807) is 6.20 Å². The number of hydrogen-bond acceptors (Lipinski definition) is 3. The molecule has 0 unspecified atom stereocenters. The van der Waals surface area contributed by atoms with Crippen molar-refractivity contribution in [2.75, 3.05) is 13.7 Å². The highest BCUT2D eigenvalue weighted by Gasteiger charge is 2.28. The van der Waals surface area contributed by atoms with Crippen molar-refractivity contribution in [3.05, 3.63) is 47.4 Å². The molecule has 1 N–H and O–H groups in total. The van der Waals surface area contributed by atoms with Crippen LogP contribution in [0.1, 0.15) is 47.4 Å². The maximum Gasteiger partial charge on any atom is 0.255 e. The average Bonchev–Trinajstić information content (AvgIpc) is 2.95. The molecule has 0 bridgehead atoms. The van der Waals surface area contributed by atoms with E-state index in [9.17, 15) is 9.90 Å². The highest BCUT2D eigenvalue weighted by Crippen LogP contribution is 2.28. The topological polar surface area (TPSA) is 58.4 Å². The molecular formula is C20H27N3O2. The quantitative estimate of drug-likeness (QED) is 0.929. The molecule has 1 aliphatic rings. The number of aromatic nitrogens is 2. The minimum atomic E-state index is 0.0720. The van der Waals surface area contributed by atoms with Crippen LogP contribution in [0.15, 0.2) is 30.5 Å². The van der Waals surface area contributed by atoms with Crippen LogP contribution in [0, 0.1) is 19.8 Å². The first-order valence-electron chi connectivity index (χ1n) is 9.01. The molecule has 2 aromatic heterocycles. The van der Waals surface area contributed by atoms with Gasteiger partial charge in [-0.25, -0.2) is 4.98 Å². The smallest absolute Gasteiger partial charge is 0.255 e.